The first-order valence-electron chi connectivity index (χ1n) is 8.54. The Hall–Kier alpha value is -3.40. The van der Waals surface area contributed by atoms with Crippen LogP contribution in [0.4, 0.5) is 5.69 Å². The van der Waals surface area contributed by atoms with Crippen LogP contribution in [0.5, 0.6) is 23.0 Å². The first-order valence-corrected chi connectivity index (χ1v) is 9.53. The maximum Gasteiger partial charge on any atom is 0.277 e. The highest BCUT2D eigenvalue weighted by Crippen LogP contribution is 2.35. The van der Waals surface area contributed by atoms with Gasteiger partial charge < -0.3 is 28.7 Å². The summed E-state index contributed by atoms with van der Waals surface area (Å²) in [6.45, 7) is 0.181. The zero-order chi connectivity index (χ0) is 20.2. The number of anilines is 1. The number of amides is 1. The molecule has 4 rings (SSSR count). The molecule has 3 aromatic rings. The van der Waals surface area contributed by atoms with Gasteiger partial charge >= 0.3 is 0 Å². The summed E-state index contributed by atoms with van der Waals surface area (Å²) in [5.74, 6) is 2.63. The first kappa shape index (κ1) is 18.9. The van der Waals surface area contributed by atoms with Gasteiger partial charge in [-0.2, -0.15) is 0 Å². The molecule has 0 radical (unpaired) electrons. The summed E-state index contributed by atoms with van der Waals surface area (Å²) in [5.41, 5.74) is 1.23. The number of carbonyl (C=O) groups excluding carboxylic acids is 1. The fraction of sp³-hybridized carbons (Fsp3) is 0.211. The molecule has 2 heterocycles. The third kappa shape index (κ3) is 4.21. The van der Waals surface area contributed by atoms with Crippen LogP contribution in [-0.2, 0) is 4.79 Å². The molecule has 10 heteroatoms. The fourth-order valence-electron chi connectivity index (χ4n) is 2.66. The van der Waals surface area contributed by atoms with Crippen molar-refractivity contribution in [3.05, 3.63) is 36.4 Å². The van der Waals surface area contributed by atoms with E-state index in [0.29, 0.717) is 34.2 Å². The van der Waals surface area contributed by atoms with E-state index in [9.17, 15) is 4.79 Å². The minimum Gasteiger partial charge on any atom is -0.497 e. The van der Waals surface area contributed by atoms with Crippen LogP contribution in [0.25, 0.3) is 11.5 Å². The highest BCUT2D eigenvalue weighted by atomic mass is 32.2. The van der Waals surface area contributed by atoms with E-state index in [2.05, 4.69) is 15.5 Å². The Morgan fingerprint density at radius 2 is 1.97 bits per heavy atom. The summed E-state index contributed by atoms with van der Waals surface area (Å²) in [6.07, 6.45) is 0. The highest BCUT2D eigenvalue weighted by molar-refractivity contribution is 7.99. The van der Waals surface area contributed by atoms with Gasteiger partial charge in [0.25, 0.3) is 11.1 Å². The second-order valence-electron chi connectivity index (χ2n) is 5.84. The van der Waals surface area contributed by atoms with Gasteiger partial charge in [0.2, 0.25) is 12.7 Å². The van der Waals surface area contributed by atoms with Crippen LogP contribution in [-0.4, -0.2) is 42.9 Å². The minimum atomic E-state index is -0.215. The molecule has 0 fully saturated rings. The summed E-state index contributed by atoms with van der Waals surface area (Å²) >= 11 is 1.13. The Bertz CT molecular complexity index is 1040. The van der Waals surface area contributed by atoms with Crippen molar-refractivity contribution < 1.29 is 28.2 Å². The molecule has 1 aliphatic heterocycles. The topological polar surface area (TPSA) is 105 Å². The average molecular weight is 415 g/mol. The molecule has 0 saturated heterocycles. The molecule has 1 amide bonds. The lowest BCUT2D eigenvalue weighted by Crippen LogP contribution is -2.13. The summed E-state index contributed by atoms with van der Waals surface area (Å²) in [6, 6.07) is 10.5. The molecule has 0 bridgehead atoms. The van der Waals surface area contributed by atoms with Crippen molar-refractivity contribution >= 4 is 23.4 Å². The number of thioether (sulfide) groups is 1. The van der Waals surface area contributed by atoms with Gasteiger partial charge in [-0.1, -0.05) is 11.8 Å². The van der Waals surface area contributed by atoms with Crippen molar-refractivity contribution in [2.75, 3.05) is 32.1 Å². The van der Waals surface area contributed by atoms with Crippen molar-refractivity contribution in [3.8, 4) is 34.5 Å². The van der Waals surface area contributed by atoms with E-state index < -0.39 is 0 Å². The van der Waals surface area contributed by atoms with Crippen molar-refractivity contribution in [3.63, 3.8) is 0 Å². The number of methoxy groups -OCH3 is 2. The van der Waals surface area contributed by atoms with Crippen LogP contribution in [0.15, 0.2) is 46.0 Å². The lowest BCUT2D eigenvalue weighted by Gasteiger charge is -2.07. The number of nitrogens with one attached hydrogen (secondary N) is 1. The highest BCUT2D eigenvalue weighted by Gasteiger charge is 2.17. The fourth-order valence-corrected chi connectivity index (χ4v) is 3.22. The summed E-state index contributed by atoms with van der Waals surface area (Å²) in [7, 11) is 3.12. The number of ether oxygens (including phenoxy) is 4. The second kappa shape index (κ2) is 8.31. The Kier molecular flexibility index (Phi) is 5.43. The maximum absolute atomic E-state index is 12.2. The Morgan fingerprint density at radius 1 is 1.10 bits per heavy atom. The Balaban J connectivity index is 1.39. The largest absolute Gasteiger partial charge is 0.497 e. The third-order valence-corrected chi connectivity index (χ3v) is 4.85. The average Bonchev–Trinajstić information content (AvgIpc) is 3.41. The van der Waals surface area contributed by atoms with Crippen LogP contribution in [0.2, 0.25) is 0 Å². The Labute approximate surface area is 170 Å². The number of hydrogen-bond acceptors (Lipinski definition) is 9. The monoisotopic (exact) mass is 415 g/mol. The predicted octanol–water partition coefficient (Wildman–Crippen LogP) is 3.21. The molecule has 0 atom stereocenters. The van der Waals surface area contributed by atoms with Crippen molar-refractivity contribution in [1.29, 1.82) is 0 Å². The van der Waals surface area contributed by atoms with Crippen molar-refractivity contribution in [2.24, 2.45) is 0 Å². The van der Waals surface area contributed by atoms with Crippen LogP contribution in [0, 0.1) is 0 Å². The third-order valence-electron chi connectivity index (χ3n) is 4.03. The molecule has 2 aromatic carbocycles. The van der Waals surface area contributed by atoms with Gasteiger partial charge in [0.15, 0.2) is 11.5 Å². The summed E-state index contributed by atoms with van der Waals surface area (Å²) < 4.78 is 26.8. The van der Waals surface area contributed by atoms with E-state index in [1.54, 1.807) is 50.6 Å². The quantitative estimate of drug-likeness (QED) is 0.582. The number of carbonyl (C=O) groups is 1. The number of benzene rings is 2. The molecule has 0 saturated carbocycles. The van der Waals surface area contributed by atoms with Crippen molar-refractivity contribution in [2.45, 2.75) is 5.22 Å². The van der Waals surface area contributed by atoms with E-state index in [0.717, 1.165) is 11.8 Å². The van der Waals surface area contributed by atoms with E-state index in [4.69, 9.17) is 23.4 Å². The molecule has 29 heavy (non-hydrogen) atoms. The summed E-state index contributed by atoms with van der Waals surface area (Å²) in [4.78, 5) is 12.2. The summed E-state index contributed by atoms with van der Waals surface area (Å²) in [5, 5.41) is 11.1. The number of rotatable bonds is 7. The van der Waals surface area contributed by atoms with Gasteiger partial charge in [0.05, 0.1) is 25.5 Å². The van der Waals surface area contributed by atoms with Gasteiger partial charge in [-0.15, -0.1) is 10.2 Å². The van der Waals surface area contributed by atoms with Crippen LogP contribution < -0.4 is 24.3 Å². The zero-order valence-electron chi connectivity index (χ0n) is 15.6. The molecule has 1 aromatic heterocycles. The Morgan fingerprint density at radius 3 is 2.79 bits per heavy atom. The molecule has 9 nitrogen and oxygen atoms in total. The maximum atomic E-state index is 12.2. The van der Waals surface area contributed by atoms with Gasteiger partial charge in [-0.3, -0.25) is 4.79 Å². The molecule has 150 valence electrons. The van der Waals surface area contributed by atoms with Crippen LogP contribution in [0.1, 0.15) is 0 Å². The normalized spacial score (nSPS) is 11.9. The van der Waals surface area contributed by atoms with Gasteiger partial charge in [-0.05, 0) is 30.3 Å². The lowest BCUT2D eigenvalue weighted by molar-refractivity contribution is -0.113. The van der Waals surface area contributed by atoms with Crippen LogP contribution >= 0.6 is 11.8 Å². The van der Waals surface area contributed by atoms with E-state index >= 15 is 0 Å². The molecular weight excluding hydrogens is 398 g/mol. The predicted molar refractivity (Wildman–Crippen MR) is 105 cm³/mol. The number of aromatic nitrogens is 2. The van der Waals surface area contributed by atoms with Gasteiger partial charge in [-0.25, -0.2) is 0 Å². The second-order valence-corrected chi connectivity index (χ2v) is 6.77. The lowest BCUT2D eigenvalue weighted by atomic mass is 10.2. The first-order chi connectivity index (χ1) is 14.2. The molecule has 1 aliphatic rings. The number of fused-ring (bicyclic) bond motifs is 1. The zero-order valence-corrected chi connectivity index (χ0v) is 16.4. The van der Waals surface area contributed by atoms with Gasteiger partial charge in [0.1, 0.15) is 11.5 Å². The van der Waals surface area contributed by atoms with Crippen molar-refractivity contribution in [1.82, 2.24) is 10.2 Å². The molecule has 0 spiro atoms. The number of hydrogen-bond donors (Lipinski definition) is 1. The molecule has 0 aliphatic carbocycles. The van der Waals surface area contributed by atoms with E-state index in [-0.39, 0.29) is 29.6 Å². The number of nitrogens with zero attached hydrogens (tertiary/aromatic N) is 2. The van der Waals surface area contributed by atoms with Crippen LogP contribution in [0.3, 0.4) is 0 Å². The van der Waals surface area contributed by atoms with E-state index in [1.165, 1.54) is 0 Å². The standard InChI is InChI=1S/C19H17N3O6S/c1-24-12-4-6-14(25-2)13(8-12)18-21-22-19(28-18)29-9-17(23)20-11-3-5-15-16(7-11)27-10-26-15/h3-8H,9-10H2,1-2H3,(H,20,23). The molecular formula is C19H17N3O6S. The van der Waals surface area contributed by atoms with E-state index in [1.807, 2.05) is 0 Å². The molecule has 0 unspecified atom stereocenters. The smallest absolute Gasteiger partial charge is 0.277 e. The van der Waals surface area contributed by atoms with Gasteiger partial charge in [0, 0.05) is 11.8 Å². The molecule has 1 N–H and O–H groups in total. The minimum absolute atomic E-state index is 0.103. The SMILES string of the molecule is COc1ccc(OC)c(-c2nnc(SCC(=O)Nc3ccc4c(c3)OCO4)o2)c1.